The molecule has 2 aromatic carbocycles. The lowest BCUT2D eigenvalue weighted by atomic mass is 10.2. The van der Waals surface area contributed by atoms with Gasteiger partial charge in [-0.05, 0) is 37.1 Å². The summed E-state index contributed by atoms with van der Waals surface area (Å²) in [6, 6.07) is 12.8. The van der Waals surface area contributed by atoms with Crippen LogP contribution in [0.2, 0.25) is 0 Å². The van der Waals surface area contributed by atoms with Crippen LogP contribution < -0.4 is 15.6 Å². The van der Waals surface area contributed by atoms with Gasteiger partial charge in [-0.1, -0.05) is 31.2 Å². The minimum absolute atomic E-state index is 0.151. The van der Waals surface area contributed by atoms with E-state index in [-0.39, 0.29) is 11.3 Å². The Bertz CT molecular complexity index is 805. The molecule has 8 nitrogen and oxygen atoms in total. The largest absolute Gasteiger partial charge is 0.481 e. The number of carbonyl (C=O) groups excluding carboxylic acids is 2. The number of hydrogen-bond donors (Lipinski definition) is 2. The van der Waals surface area contributed by atoms with E-state index in [2.05, 4.69) is 10.9 Å². The third-order valence-electron chi connectivity index (χ3n) is 3.66. The summed E-state index contributed by atoms with van der Waals surface area (Å²) in [4.78, 5) is 34.4. The SMILES string of the molecule is CCc1ccc(O[C@@H](C)C(=O)NNC(=O)c2ccccc2[N+](=O)[O-])cc1. The number of hydrazine groups is 1. The van der Waals surface area contributed by atoms with Gasteiger partial charge in [0.05, 0.1) is 4.92 Å². The van der Waals surface area contributed by atoms with Crippen molar-refractivity contribution < 1.29 is 19.2 Å². The first-order chi connectivity index (χ1) is 12.4. The van der Waals surface area contributed by atoms with Crippen molar-refractivity contribution in [3.05, 3.63) is 69.8 Å². The highest BCUT2D eigenvalue weighted by Gasteiger charge is 2.21. The van der Waals surface area contributed by atoms with E-state index in [1.807, 2.05) is 19.1 Å². The van der Waals surface area contributed by atoms with E-state index in [9.17, 15) is 19.7 Å². The molecule has 0 unspecified atom stereocenters. The second kappa shape index (κ2) is 8.61. The molecule has 2 aromatic rings. The summed E-state index contributed by atoms with van der Waals surface area (Å²) in [6.45, 7) is 3.56. The predicted octanol–water partition coefficient (Wildman–Crippen LogP) is 2.39. The lowest BCUT2D eigenvalue weighted by molar-refractivity contribution is -0.385. The third kappa shape index (κ3) is 4.79. The Kier molecular flexibility index (Phi) is 6.26. The van der Waals surface area contributed by atoms with Gasteiger partial charge in [-0.15, -0.1) is 0 Å². The van der Waals surface area contributed by atoms with Crippen LogP contribution in [0.25, 0.3) is 0 Å². The van der Waals surface area contributed by atoms with Crippen molar-refractivity contribution in [1.29, 1.82) is 0 Å². The van der Waals surface area contributed by atoms with Gasteiger partial charge < -0.3 is 4.74 Å². The molecule has 0 fully saturated rings. The third-order valence-corrected chi connectivity index (χ3v) is 3.66. The number of nitrogens with zero attached hydrogens (tertiary/aromatic N) is 1. The van der Waals surface area contributed by atoms with Gasteiger partial charge in [0.2, 0.25) is 0 Å². The quantitative estimate of drug-likeness (QED) is 0.609. The highest BCUT2D eigenvalue weighted by atomic mass is 16.6. The summed E-state index contributed by atoms with van der Waals surface area (Å²) in [7, 11) is 0. The number of carbonyl (C=O) groups is 2. The smallest absolute Gasteiger partial charge is 0.282 e. The number of rotatable bonds is 6. The molecule has 0 saturated carbocycles. The summed E-state index contributed by atoms with van der Waals surface area (Å²) in [5.41, 5.74) is 5.01. The maximum atomic E-state index is 12.1. The molecule has 0 bridgehead atoms. The van der Waals surface area contributed by atoms with Crippen molar-refractivity contribution >= 4 is 17.5 Å². The van der Waals surface area contributed by atoms with Crippen LogP contribution >= 0.6 is 0 Å². The minimum Gasteiger partial charge on any atom is -0.481 e. The first kappa shape index (κ1) is 18.9. The zero-order chi connectivity index (χ0) is 19.1. The van der Waals surface area contributed by atoms with Crippen molar-refractivity contribution in [2.75, 3.05) is 0 Å². The zero-order valence-corrected chi connectivity index (χ0v) is 14.4. The van der Waals surface area contributed by atoms with Crippen LogP contribution in [0.3, 0.4) is 0 Å². The molecule has 2 amide bonds. The fourth-order valence-electron chi connectivity index (χ4n) is 2.17. The van der Waals surface area contributed by atoms with Crippen molar-refractivity contribution in [2.45, 2.75) is 26.4 Å². The summed E-state index contributed by atoms with van der Waals surface area (Å²) < 4.78 is 5.50. The second-order valence-electron chi connectivity index (χ2n) is 5.48. The van der Waals surface area contributed by atoms with Crippen molar-refractivity contribution in [3.63, 3.8) is 0 Å². The average Bonchev–Trinajstić information content (AvgIpc) is 2.66. The molecule has 2 N–H and O–H groups in total. The van der Waals surface area contributed by atoms with Gasteiger partial charge >= 0.3 is 0 Å². The molecular formula is C18H19N3O5. The minimum atomic E-state index is -0.867. The van der Waals surface area contributed by atoms with Crippen molar-refractivity contribution in [2.24, 2.45) is 0 Å². The monoisotopic (exact) mass is 357 g/mol. The number of nitrogens with one attached hydrogen (secondary N) is 2. The van der Waals surface area contributed by atoms with E-state index in [1.54, 1.807) is 12.1 Å². The fraction of sp³-hybridized carbons (Fsp3) is 0.222. The van der Waals surface area contributed by atoms with Gasteiger partial charge in [-0.25, -0.2) is 0 Å². The molecule has 136 valence electrons. The first-order valence-electron chi connectivity index (χ1n) is 8.01. The number of para-hydroxylation sites is 1. The topological polar surface area (TPSA) is 111 Å². The van der Waals surface area contributed by atoms with E-state index in [0.29, 0.717) is 5.75 Å². The molecule has 2 rings (SSSR count). The predicted molar refractivity (Wildman–Crippen MR) is 94.6 cm³/mol. The molecule has 0 radical (unpaired) electrons. The van der Waals surface area contributed by atoms with Gasteiger partial charge in [-0.3, -0.25) is 30.6 Å². The molecule has 1 atom stereocenters. The van der Waals surface area contributed by atoms with Crippen molar-refractivity contribution in [1.82, 2.24) is 10.9 Å². The van der Waals surface area contributed by atoms with Crippen LogP contribution in [0.15, 0.2) is 48.5 Å². The number of benzene rings is 2. The van der Waals surface area contributed by atoms with Crippen LogP contribution in [-0.2, 0) is 11.2 Å². The Morgan fingerprint density at radius 3 is 2.38 bits per heavy atom. The first-order valence-corrected chi connectivity index (χ1v) is 8.01. The van der Waals surface area contributed by atoms with Gasteiger partial charge in [0.1, 0.15) is 11.3 Å². The van der Waals surface area contributed by atoms with E-state index in [0.717, 1.165) is 12.0 Å². The molecule has 0 saturated heterocycles. The Morgan fingerprint density at radius 2 is 1.77 bits per heavy atom. The molecule has 0 aromatic heterocycles. The number of ether oxygens (including phenoxy) is 1. The fourth-order valence-corrected chi connectivity index (χ4v) is 2.17. The average molecular weight is 357 g/mol. The lowest BCUT2D eigenvalue weighted by Crippen LogP contribution is -2.47. The molecule has 26 heavy (non-hydrogen) atoms. The van der Waals surface area contributed by atoms with E-state index in [1.165, 1.54) is 31.2 Å². The highest BCUT2D eigenvalue weighted by Crippen LogP contribution is 2.17. The number of amides is 2. The van der Waals surface area contributed by atoms with Gasteiger partial charge in [0, 0.05) is 6.07 Å². The standard InChI is InChI=1S/C18H19N3O5/c1-3-13-8-10-14(11-9-13)26-12(2)17(22)19-20-18(23)15-6-4-5-7-16(15)21(24)25/h4-12H,3H2,1-2H3,(H,19,22)(H,20,23)/t12-/m0/s1. The van der Waals surface area contributed by atoms with E-state index >= 15 is 0 Å². The number of aryl methyl sites for hydroxylation is 1. The van der Waals surface area contributed by atoms with Crippen LogP contribution in [0.4, 0.5) is 5.69 Å². The Balaban J connectivity index is 1.93. The molecular weight excluding hydrogens is 338 g/mol. The summed E-state index contributed by atoms with van der Waals surface area (Å²) >= 11 is 0. The molecule has 0 aliphatic heterocycles. The molecule has 0 aliphatic rings. The maximum absolute atomic E-state index is 12.1. The molecule has 8 heteroatoms. The second-order valence-corrected chi connectivity index (χ2v) is 5.48. The summed E-state index contributed by atoms with van der Waals surface area (Å²) in [6.07, 6.45) is 0.0297. The Morgan fingerprint density at radius 1 is 1.12 bits per heavy atom. The van der Waals surface area contributed by atoms with Crippen LogP contribution in [0, 0.1) is 10.1 Å². The highest BCUT2D eigenvalue weighted by molar-refractivity contribution is 5.99. The van der Waals surface area contributed by atoms with Gasteiger partial charge in [0.15, 0.2) is 6.10 Å². The number of hydrogen-bond acceptors (Lipinski definition) is 5. The summed E-state index contributed by atoms with van der Waals surface area (Å²) in [5.74, 6) is -0.850. The van der Waals surface area contributed by atoms with E-state index < -0.39 is 22.8 Å². The van der Waals surface area contributed by atoms with Crippen LogP contribution in [0.5, 0.6) is 5.75 Å². The molecule has 0 spiro atoms. The number of nitro groups is 1. The Hall–Kier alpha value is -3.42. The van der Waals surface area contributed by atoms with Crippen molar-refractivity contribution in [3.8, 4) is 5.75 Å². The van der Waals surface area contributed by atoms with E-state index in [4.69, 9.17) is 4.74 Å². The summed E-state index contributed by atoms with van der Waals surface area (Å²) in [5, 5.41) is 10.9. The molecule has 0 aliphatic carbocycles. The van der Waals surface area contributed by atoms with Gasteiger partial charge in [0.25, 0.3) is 17.5 Å². The van der Waals surface area contributed by atoms with Crippen LogP contribution in [-0.4, -0.2) is 22.8 Å². The lowest BCUT2D eigenvalue weighted by Gasteiger charge is -2.15. The normalized spacial score (nSPS) is 11.3. The Labute approximate surface area is 150 Å². The number of nitro benzene ring substituents is 1. The maximum Gasteiger partial charge on any atom is 0.282 e. The van der Waals surface area contributed by atoms with Gasteiger partial charge in [-0.2, -0.15) is 0 Å². The molecule has 0 heterocycles. The zero-order valence-electron chi connectivity index (χ0n) is 14.4. The van der Waals surface area contributed by atoms with Crippen LogP contribution in [0.1, 0.15) is 29.8 Å².